The zero-order valence-corrected chi connectivity index (χ0v) is 15.1. The molecular formula is C17H27ClN4O3. The lowest BCUT2D eigenvalue weighted by atomic mass is 10.3. The quantitative estimate of drug-likeness (QED) is 0.534. The lowest BCUT2D eigenvalue weighted by Gasteiger charge is -2.27. The van der Waals surface area contributed by atoms with E-state index in [-0.39, 0.29) is 37.4 Å². The fourth-order valence-electron chi connectivity index (χ4n) is 2.42. The largest absolute Gasteiger partial charge is 0.484 e. The first-order valence-electron chi connectivity index (χ1n) is 8.38. The van der Waals surface area contributed by atoms with E-state index < -0.39 is 0 Å². The first-order valence-corrected chi connectivity index (χ1v) is 8.38. The minimum absolute atomic E-state index is 0. The Bertz CT molecular complexity index is 510. The molecule has 0 aliphatic carbocycles. The predicted molar refractivity (Wildman–Crippen MR) is 99.1 cm³/mol. The van der Waals surface area contributed by atoms with Crippen LogP contribution in [0.5, 0.6) is 5.75 Å². The number of hydrogen-bond donors (Lipinski definition) is 3. The van der Waals surface area contributed by atoms with E-state index in [0.29, 0.717) is 12.3 Å². The highest BCUT2D eigenvalue weighted by Gasteiger charge is 2.09. The molecule has 0 saturated carbocycles. The van der Waals surface area contributed by atoms with Crippen LogP contribution in [0, 0.1) is 0 Å². The topological polar surface area (TPSA) is 82.7 Å². The summed E-state index contributed by atoms with van der Waals surface area (Å²) in [5.74, 6) is 0.142. The summed E-state index contributed by atoms with van der Waals surface area (Å²) in [6.45, 7) is 5.67. The van der Waals surface area contributed by atoms with E-state index in [2.05, 4.69) is 20.9 Å². The molecule has 25 heavy (non-hydrogen) atoms. The Morgan fingerprint density at radius 2 is 1.80 bits per heavy atom. The Morgan fingerprint density at radius 1 is 1.08 bits per heavy atom. The minimum atomic E-state index is -0.310. The monoisotopic (exact) mass is 370 g/mol. The second kappa shape index (κ2) is 12.5. The zero-order valence-electron chi connectivity index (χ0n) is 14.3. The molecule has 0 unspecified atom stereocenters. The first kappa shape index (κ1) is 21.2. The van der Waals surface area contributed by atoms with Gasteiger partial charge < -0.3 is 25.6 Å². The number of halogens is 1. The van der Waals surface area contributed by atoms with Crippen molar-refractivity contribution in [1.29, 1.82) is 0 Å². The predicted octanol–water partition coefficient (Wildman–Crippen LogP) is 0.0149. The Labute approximate surface area is 154 Å². The molecule has 0 spiro atoms. The normalized spacial score (nSPS) is 14.2. The van der Waals surface area contributed by atoms with Gasteiger partial charge in [-0.2, -0.15) is 0 Å². The minimum Gasteiger partial charge on any atom is -0.484 e. The van der Waals surface area contributed by atoms with Gasteiger partial charge in [0.1, 0.15) is 5.75 Å². The van der Waals surface area contributed by atoms with Gasteiger partial charge in [0.25, 0.3) is 5.91 Å². The molecule has 8 heteroatoms. The summed E-state index contributed by atoms with van der Waals surface area (Å²) in [5, 5.41) is 8.67. The number of piperazine rings is 1. The summed E-state index contributed by atoms with van der Waals surface area (Å²) in [4.78, 5) is 25.7. The van der Waals surface area contributed by atoms with Gasteiger partial charge in [-0.1, -0.05) is 18.2 Å². The molecule has 2 amide bonds. The highest BCUT2D eigenvalue weighted by Crippen LogP contribution is 2.07. The van der Waals surface area contributed by atoms with Crippen molar-refractivity contribution in [2.75, 3.05) is 52.4 Å². The number of nitrogens with one attached hydrogen (secondary N) is 3. The van der Waals surface area contributed by atoms with Crippen LogP contribution in [0.15, 0.2) is 30.3 Å². The van der Waals surface area contributed by atoms with Crippen molar-refractivity contribution in [3.05, 3.63) is 30.3 Å². The van der Waals surface area contributed by atoms with E-state index in [1.165, 1.54) is 0 Å². The van der Waals surface area contributed by atoms with E-state index in [9.17, 15) is 9.59 Å². The molecule has 0 atom stereocenters. The third-order valence-corrected chi connectivity index (χ3v) is 3.74. The zero-order chi connectivity index (χ0) is 17.0. The highest BCUT2D eigenvalue weighted by molar-refractivity contribution is 5.85. The van der Waals surface area contributed by atoms with Gasteiger partial charge in [0.15, 0.2) is 6.61 Å². The van der Waals surface area contributed by atoms with E-state index in [1.807, 2.05) is 18.2 Å². The highest BCUT2D eigenvalue weighted by atomic mass is 35.5. The Balaban J connectivity index is 0.00000312. The van der Waals surface area contributed by atoms with Crippen LogP contribution in [0.25, 0.3) is 0 Å². The van der Waals surface area contributed by atoms with Crippen LogP contribution in [0.3, 0.4) is 0 Å². The molecule has 1 saturated heterocycles. The molecule has 0 radical (unpaired) electrons. The SMILES string of the molecule is Cl.O=C(CNC(=O)COc1ccccc1)NCCCN1CCNCC1. The van der Waals surface area contributed by atoms with Crippen LogP contribution in [0.2, 0.25) is 0 Å². The first-order chi connectivity index (χ1) is 11.7. The van der Waals surface area contributed by atoms with Crippen molar-refractivity contribution in [3.8, 4) is 5.75 Å². The molecule has 7 nitrogen and oxygen atoms in total. The number of para-hydroxylation sites is 1. The van der Waals surface area contributed by atoms with Crippen molar-refractivity contribution in [2.45, 2.75) is 6.42 Å². The fraction of sp³-hybridized carbons (Fsp3) is 0.529. The molecule has 1 aliphatic heterocycles. The molecule has 1 fully saturated rings. The molecule has 1 aromatic rings. The number of carbonyl (C=O) groups is 2. The lowest BCUT2D eigenvalue weighted by Crippen LogP contribution is -2.44. The molecule has 3 N–H and O–H groups in total. The summed E-state index contributed by atoms with van der Waals surface area (Å²) in [5.41, 5.74) is 0. The summed E-state index contributed by atoms with van der Waals surface area (Å²) >= 11 is 0. The lowest BCUT2D eigenvalue weighted by molar-refractivity contribution is -0.127. The Hall–Kier alpha value is -1.83. The van der Waals surface area contributed by atoms with Gasteiger partial charge >= 0.3 is 0 Å². The van der Waals surface area contributed by atoms with E-state index in [4.69, 9.17) is 4.74 Å². The second-order valence-electron chi connectivity index (χ2n) is 5.67. The maximum Gasteiger partial charge on any atom is 0.258 e. The molecule has 0 aromatic heterocycles. The number of amides is 2. The number of rotatable bonds is 9. The summed E-state index contributed by atoms with van der Waals surface area (Å²) < 4.78 is 5.31. The molecule has 1 aliphatic rings. The maximum absolute atomic E-state index is 11.7. The Morgan fingerprint density at radius 3 is 2.52 bits per heavy atom. The van der Waals surface area contributed by atoms with Gasteiger partial charge in [0, 0.05) is 32.7 Å². The molecule has 1 heterocycles. The van der Waals surface area contributed by atoms with E-state index in [1.54, 1.807) is 12.1 Å². The maximum atomic E-state index is 11.7. The van der Waals surface area contributed by atoms with Crippen LogP contribution in [-0.2, 0) is 9.59 Å². The van der Waals surface area contributed by atoms with Crippen LogP contribution in [0.1, 0.15) is 6.42 Å². The summed E-state index contributed by atoms with van der Waals surface area (Å²) in [6, 6.07) is 9.10. The average Bonchev–Trinajstić information content (AvgIpc) is 2.63. The third-order valence-electron chi connectivity index (χ3n) is 3.74. The number of nitrogens with zero attached hydrogens (tertiary/aromatic N) is 1. The molecule has 1 aromatic carbocycles. The Kier molecular flexibility index (Phi) is 10.6. The second-order valence-corrected chi connectivity index (χ2v) is 5.67. The van der Waals surface area contributed by atoms with Crippen molar-refractivity contribution >= 4 is 24.2 Å². The van der Waals surface area contributed by atoms with Gasteiger partial charge in [0.2, 0.25) is 5.91 Å². The van der Waals surface area contributed by atoms with E-state index >= 15 is 0 Å². The van der Waals surface area contributed by atoms with Crippen LogP contribution >= 0.6 is 12.4 Å². The molecular weight excluding hydrogens is 344 g/mol. The fourth-order valence-corrected chi connectivity index (χ4v) is 2.42. The van der Waals surface area contributed by atoms with Gasteiger partial charge in [-0.25, -0.2) is 0 Å². The summed E-state index contributed by atoms with van der Waals surface area (Å²) in [7, 11) is 0. The van der Waals surface area contributed by atoms with Gasteiger partial charge in [-0.15, -0.1) is 12.4 Å². The number of carbonyl (C=O) groups excluding carboxylic acids is 2. The van der Waals surface area contributed by atoms with Gasteiger partial charge in [-0.3, -0.25) is 9.59 Å². The average molecular weight is 371 g/mol. The van der Waals surface area contributed by atoms with Crippen LogP contribution in [0.4, 0.5) is 0 Å². The number of ether oxygens (including phenoxy) is 1. The number of hydrogen-bond acceptors (Lipinski definition) is 5. The molecule has 0 bridgehead atoms. The van der Waals surface area contributed by atoms with Crippen LogP contribution < -0.4 is 20.7 Å². The van der Waals surface area contributed by atoms with Crippen molar-refractivity contribution in [2.24, 2.45) is 0 Å². The van der Waals surface area contributed by atoms with Crippen molar-refractivity contribution < 1.29 is 14.3 Å². The standard InChI is InChI=1S/C17H26N4O3.ClH/c22-16(19-7-4-10-21-11-8-18-9-12-21)13-20-17(23)14-24-15-5-2-1-3-6-15;/h1-3,5-6,18H,4,7-14H2,(H,19,22)(H,20,23);1H. The third kappa shape index (κ3) is 9.28. The smallest absolute Gasteiger partial charge is 0.258 e. The van der Waals surface area contributed by atoms with Crippen molar-refractivity contribution in [3.63, 3.8) is 0 Å². The summed E-state index contributed by atoms with van der Waals surface area (Å²) in [6.07, 6.45) is 0.913. The van der Waals surface area contributed by atoms with Gasteiger partial charge in [0.05, 0.1) is 6.54 Å². The van der Waals surface area contributed by atoms with Gasteiger partial charge in [-0.05, 0) is 25.1 Å². The van der Waals surface area contributed by atoms with Crippen molar-refractivity contribution in [1.82, 2.24) is 20.9 Å². The molecule has 140 valence electrons. The van der Waals surface area contributed by atoms with Crippen LogP contribution in [-0.4, -0.2) is 69.1 Å². The number of benzene rings is 1. The van der Waals surface area contributed by atoms with E-state index in [0.717, 1.165) is 39.1 Å². The molecule has 2 rings (SSSR count).